The molecule has 3 heterocycles. The zero-order chi connectivity index (χ0) is 22.1. The smallest absolute Gasteiger partial charge is 0.261 e. The van der Waals surface area contributed by atoms with Gasteiger partial charge in [0, 0.05) is 24.2 Å². The quantitative estimate of drug-likeness (QED) is 0.476. The summed E-state index contributed by atoms with van der Waals surface area (Å²) in [6.07, 6.45) is 9.95. The summed E-state index contributed by atoms with van der Waals surface area (Å²) in [6, 6.07) is 10.3. The molecule has 3 aromatic rings. The van der Waals surface area contributed by atoms with E-state index in [1.165, 1.54) is 29.5 Å². The molecule has 166 valence electrons. The van der Waals surface area contributed by atoms with E-state index in [9.17, 15) is 4.79 Å². The second-order valence-corrected chi connectivity index (χ2v) is 10.1. The van der Waals surface area contributed by atoms with Crippen molar-refractivity contribution in [2.75, 3.05) is 13.2 Å². The molecule has 0 spiro atoms. The number of nitrogens with one attached hydrogen (secondary N) is 1. The van der Waals surface area contributed by atoms with Crippen LogP contribution in [0.3, 0.4) is 0 Å². The van der Waals surface area contributed by atoms with E-state index in [0.717, 1.165) is 45.7 Å². The highest BCUT2D eigenvalue weighted by molar-refractivity contribution is 7.21. The van der Waals surface area contributed by atoms with Crippen LogP contribution in [0.5, 0.6) is 5.75 Å². The Labute approximate surface area is 193 Å². The number of aromatic nitrogens is 1. The molecule has 1 aliphatic carbocycles. The van der Waals surface area contributed by atoms with Crippen molar-refractivity contribution in [1.82, 2.24) is 10.3 Å². The van der Waals surface area contributed by atoms with Gasteiger partial charge in [0.1, 0.15) is 5.75 Å². The van der Waals surface area contributed by atoms with Crippen LogP contribution in [0.2, 0.25) is 0 Å². The van der Waals surface area contributed by atoms with Crippen LogP contribution in [0.15, 0.2) is 42.6 Å². The average Bonchev–Trinajstić information content (AvgIpc) is 3.23. The molecule has 0 bridgehead atoms. The van der Waals surface area contributed by atoms with E-state index in [2.05, 4.69) is 37.4 Å². The summed E-state index contributed by atoms with van der Waals surface area (Å²) < 4.78 is 6.94. The minimum atomic E-state index is 0.0178. The van der Waals surface area contributed by atoms with Gasteiger partial charge in [0.2, 0.25) is 0 Å². The summed E-state index contributed by atoms with van der Waals surface area (Å²) in [5.41, 5.74) is 5.93. The van der Waals surface area contributed by atoms with Crippen LogP contribution < -0.4 is 10.1 Å². The van der Waals surface area contributed by atoms with Crippen molar-refractivity contribution in [3.05, 3.63) is 64.2 Å². The van der Waals surface area contributed by atoms with Crippen LogP contribution in [0.1, 0.15) is 84.1 Å². The monoisotopic (exact) mass is 446 g/mol. The number of nitrogens with zero attached hydrogens (tertiary/aromatic N) is 1. The highest BCUT2D eigenvalue weighted by atomic mass is 32.1. The first-order valence-corrected chi connectivity index (χ1v) is 12.6. The maximum absolute atomic E-state index is 13.4. The van der Waals surface area contributed by atoms with E-state index in [0.29, 0.717) is 13.2 Å². The second kappa shape index (κ2) is 9.07. The number of fused-ring (bicyclic) bond motifs is 2. The molecule has 0 fully saturated rings. The molecule has 32 heavy (non-hydrogen) atoms. The largest absolute Gasteiger partial charge is 0.493 e. The lowest BCUT2D eigenvalue weighted by Crippen LogP contribution is -2.30. The molecule has 1 aromatic carbocycles. The van der Waals surface area contributed by atoms with Crippen molar-refractivity contribution in [3.8, 4) is 5.75 Å². The zero-order valence-corrected chi connectivity index (χ0v) is 19.6. The fraction of sp³-hybridized carbons (Fsp3) is 0.407. The van der Waals surface area contributed by atoms with Crippen LogP contribution >= 0.6 is 11.3 Å². The van der Waals surface area contributed by atoms with Crippen molar-refractivity contribution >= 4 is 33.0 Å². The van der Waals surface area contributed by atoms with Crippen LogP contribution in [0.25, 0.3) is 15.8 Å². The molecule has 0 saturated heterocycles. The minimum Gasteiger partial charge on any atom is -0.493 e. The number of para-hydroxylation sites is 1. The number of thiophene rings is 1. The molecule has 0 saturated carbocycles. The number of allylic oxidation sites excluding steroid dienone is 2. The first kappa shape index (κ1) is 21.2. The number of ether oxygens (including phenoxy) is 1. The Morgan fingerprint density at radius 1 is 1.25 bits per heavy atom. The normalized spacial score (nSPS) is 18.2. The zero-order valence-electron chi connectivity index (χ0n) is 18.8. The Hall–Kier alpha value is -2.66. The number of carbonyl (C=O) groups excluding carboxylic acids is 1. The predicted molar refractivity (Wildman–Crippen MR) is 132 cm³/mol. The number of amides is 1. The molecule has 0 unspecified atom stereocenters. The highest BCUT2D eigenvalue weighted by Crippen LogP contribution is 2.41. The van der Waals surface area contributed by atoms with Gasteiger partial charge in [0.15, 0.2) is 0 Å². The van der Waals surface area contributed by atoms with Crippen LogP contribution in [-0.4, -0.2) is 24.0 Å². The van der Waals surface area contributed by atoms with Gasteiger partial charge in [-0.2, -0.15) is 0 Å². The van der Waals surface area contributed by atoms with Gasteiger partial charge in [-0.3, -0.25) is 9.78 Å². The number of hydrogen-bond donors (Lipinski definition) is 1. The van der Waals surface area contributed by atoms with Crippen molar-refractivity contribution in [2.24, 2.45) is 0 Å². The van der Waals surface area contributed by atoms with Crippen molar-refractivity contribution in [2.45, 2.75) is 57.8 Å². The third kappa shape index (κ3) is 3.95. The lowest BCUT2D eigenvalue weighted by molar-refractivity contribution is 0.0951. The molecular weight excluding hydrogens is 416 g/mol. The molecule has 5 heteroatoms. The third-order valence-electron chi connectivity index (χ3n) is 6.62. The fourth-order valence-electron chi connectivity index (χ4n) is 4.97. The minimum absolute atomic E-state index is 0.0178. The topological polar surface area (TPSA) is 51.2 Å². The number of rotatable bonds is 5. The lowest BCUT2D eigenvalue weighted by atomic mass is 9.92. The second-order valence-electron chi connectivity index (χ2n) is 9.09. The van der Waals surface area contributed by atoms with E-state index < -0.39 is 0 Å². The van der Waals surface area contributed by atoms with E-state index >= 15 is 0 Å². The Kier molecular flexibility index (Phi) is 6.01. The lowest BCUT2D eigenvalue weighted by Gasteiger charge is -2.26. The molecule has 5 rings (SSSR count). The predicted octanol–water partition coefficient (Wildman–Crippen LogP) is 6.67. The number of pyridine rings is 1. The summed E-state index contributed by atoms with van der Waals surface area (Å²) in [6.45, 7) is 5.62. The SMILES string of the molecule is CC(C)c1c(C(=O)NC[C@H]2CCOc3ccccc32)sc2c(C3=CCCCC3)ccnc12. The van der Waals surface area contributed by atoms with E-state index in [1.54, 1.807) is 11.3 Å². The van der Waals surface area contributed by atoms with E-state index in [-0.39, 0.29) is 17.7 Å². The third-order valence-corrected chi connectivity index (χ3v) is 7.85. The number of carbonyl (C=O) groups is 1. The molecule has 1 amide bonds. The molecule has 1 aliphatic heterocycles. The van der Waals surface area contributed by atoms with Crippen LogP contribution in [0, 0.1) is 0 Å². The van der Waals surface area contributed by atoms with Gasteiger partial charge >= 0.3 is 0 Å². The molecule has 1 atom stereocenters. The number of benzene rings is 1. The first-order chi connectivity index (χ1) is 15.6. The Morgan fingerprint density at radius 3 is 2.94 bits per heavy atom. The van der Waals surface area contributed by atoms with Gasteiger partial charge in [-0.1, -0.05) is 38.1 Å². The number of hydrogen-bond acceptors (Lipinski definition) is 4. The summed E-state index contributed by atoms with van der Waals surface area (Å²) in [4.78, 5) is 18.9. The molecule has 4 nitrogen and oxygen atoms in total. The van der Waals surface area contributed by atoms with Crippen molar-refractivity contribution in [3.63, 3.8) is 0 Å². The Balaban J connectivity index is 1.45. The summed E-state index contributed by atoms with van der Waals surface area (Å²) in [5.74, 6) is 1.47. The van der Waals surface area contributed by atoms with Crippen molar-refractivity contribution < 1.29 is 9.53 Å². The van der Waals surface area contributed by atoms with Gasteiger partial charge in [-0.05, 0) is 66.9 Å². The summed E-state index contributed by atoms with van der Waals surface area (Å²) in [7, 11) is 0. The maximum Gasteiger partial charge on any atom is 0.261 e. The molecule has 2 aromatic heterocycles. The Morgan fingerprint density at radius 2 is 2.12 bits per heavy atom. The first-order valence-electron chi connectivity index (χ1n) is 11.7. The summed E-state index contributed by atoms with van der Waals surface area (Å²) >= 11 is 1.61. The van der Waals surface area contributed by atoms with Gasteiger partial charge in [0.05, 0.1) is 21.7 Å². The van der Waals surface area contributed by atoms with Gasteiger partial charge in [-0.15, -0.1) is 11.3 Å². The van der Waals surface area contributed by atoms with E-state index in [4.69, 9.17) is 9.72 Å². The van der Waals surface area contributed by atoms with Gasteiger partial charge in [-0.25, -0.2) is 0 Å². The van der Waals surface area contributed by atoms with Crippen molar-refractivity contribution in [1.29, 1.82) is 0 Å². The molecule has 0 radical (unpaired) electrons. The highest BCUT2D eigenvalue weighted by Gasteiger charge is 2.26. The average molecular weight is 447 g/mol. The summed E-state index contributed by atoms with van der Waals surface area (Å²) in [5, 5.41) is 3.24. The standard InChI is InChI=1S/C27H30N2O2S/c1-17(2)23-24-25(21(12-14-28-24)18-8-4-3-5-9-18)32-26(23)27(30)29-16-19-13-15-31-22-11-7-6-10-20(19)22/h6-8,10-12,14,17,19H,3-5,9,13,15-16H2,1-2H3,(H,29,30)/t19-/m1/s1. The van der Waals surface area contributed by atoms with Crippen LogP contribution in [-0.2, 0) is 0 Å². The maximum atomic E-state index is 13.4. The fourth-order valence-corrected chi connectivity index (χ4v) is 6.35. The Bertz CT molecular complexity index is 1180. The molecular formula is C27H30N2O2S. The van der Waals surface area contributed by atoms with Crippen LogP contribution in [0.4, 0.5) is 0 Å². The van der Waals surface area contributed by atoms with E-state index in [1.807, 2.05) is 24.4 Å². The van der Waals surface area contributed by atoms with Gasteiger partial charge in [0.25, 0.3) is 5.91 Å². The molecule has 1 N–H and O–H groups in total. The molecule has 2 aliphatic rings. The van der Waals surface area contributed by atoms with Gasteiger partial charge < -0.3 is 10.1 Å².